The van der Waals surface area contributed by atoms with E-state index in [4.69, 9.17) is 5.73 Å². The molecule has 2 heterocycles. The van der Waals surface area contributed by atoms with E-state index in [2.05, 4.69) is 15.0 Å². The normalized spacial score (nSPS) is 13.2. The minimum Gasteiger partial charge on any atom is -0.508 e. The van der Waals surface area contributed by atoms with Crippen LogP contribution in [0.5, 0.6) is 5.75 Å². The third-order valence-corrected chi connectivity index (χ3v) is 4.75. The van der Waals surface area contributed by atoms with E-state index < -0.39 is 5.69 Å². The molecule has 0 unspecified atom stereocenters. The number of amides is 1. The average molecular weight is 401 g/mol. The largest absolute Gasteiger partial charge is 0.508 e. The van der Waals surface area contributed by atoms with Gasteiger partial charge < -0.3 is 15.8 Å². The summed E-state index contributed by atoms with van der Waals surface area (Å²) in [5, 5.41) is 9.74. The van der Waals surface area contributed by atoms with Crippen molar-refractivity contribution < 1.29 is 9.90 Å². The van der Waals surface area contributed by atoms with Gasteiger partial charge >= 0.3 is 5.69 Å². The van der Waals surface area contributed by atoms with Crippen LogP contribution in [-0.2, 0) is 0 Å². The number of carbonyl (C=O) groups excluding carboxylic acids is 1. The van der Waals surface area contributed by atoms with Gasteiger partial charge in [0, 0.05) is 17.3 Å². The second-order valence-corrected chi connectivity index (χ2v) is 6.88. The van der Waals surface area contributed by atoms with Gasteiger partial charge in [0.05, 0.1) is 11.4 Å². The number of phenols is 1. The third-order valence-electron chi connectivity index (χ3n) is 4.75. The number of aromatic hydroxyl groups is 1. The highest BCUT2D eigenvalue weighted by Gasteiger charge is 2.16. The van der Waals surface area contributed by atoms with E-state index in [9.17, 15) is 14.7 Å². The van der Waals surface area contributed by atoms with Crippen LogP contribution in [0, 0.1) is 6.92 Å². The number of hydrogen-bond acceptors (Lipinski definition) is 6. The minimum atomic E-state index is -0.506. The number of phenolic OH excluding ortho intramolecular Hbond substituents is 1. The highest BCUT2D eigenvalue weighted by molar-refractivity contribution is 5.98. The molecule has 0 saturated carbocycles. The summed E-state index contributed by atoms with van der Waals surface area (Å²) in [5.41, 5.74) is 8.60. The minimum absolute atomic E-state index is 0.152. The lowest BCUT2D eigenvalue weighted by Gasteiger charge is -2.19. The van der Waals surface area contributed by atoms with Crippen molar-refractivity contribution in [2.45, 2.75) is 6.92 Å². The smallest absolute Gasteiger partial charge is 0.345 e. The maximum absolute atomic E-state index is 12.8. The number of H-pyrrole nitrogens is 1. The summed E-state index contributed by atoms with van der Waals surface area (Å²) in [6.45, 7) is 1.93. The zero-order valence-corrected chi connectivity index (χ0v) is 16.2. The summed E-state index contributed by atoms with van der Waals surface area (Å²) in [4.78, 5) is 37.2. The summed E-state index contributed by atoms with van der Waals surface area (Å²) in [7, 11) is 0. The molecule has 0 fully saturated rings. The molecule has 0 bridgehead atoms. The maximum Gasteiger partial charge on any atom is 0.345 e. The summed E-state index contributed by atoms with van der Waals surface area (Å²) < 4.78 is 0. The molecule has 30 heavy (non-hydrogen) atoms. The van der Waals surface area contributed by atoms with Gasteiger partial charge in [0.15, 0.2) is 0 Å². The number of nitrogens with zero attached hydrogens (tertiary/aromatic N) is 3. The van der Waals surface area contributed by atoms with Gasteiger partial charge in [-0.1, -0.05) is 12.1 Å². The number of carbonyl (C=O) groups is 1. The van der Waals surface area contributed by atoms with Crippen LogP contribution in [0.1, 0.15) is 15.9 Å². The number of nitrogens with one attached hydrogen (secondary N) is 1. The van der Waals surface area contributed by atoms with Crippen molar-refractivity contribution in [1.29, 1.82) is 0 Å². The number of benzene rings is 2. The standard InChI is InChI=1S/C22H19N5O3/c1-13-9-15(5-6-19(13)28)18-11-17(25-22(30)26-18)14-3-2-4-16(10-14)21(29)27-8-7-20(23)24-12-27/h2-11,28H,12H2,1H3,(H2,23,24)(H,25,26,30). The SMILES string of the molecule is Cc1cc(-c2cc(-c3cccc(C(=O)N4C=CC(N)=NC4)c3)nc(=O)[nH]2)ccc1O. The second-order valence-electron chi connectivity index (χ2n) is 6.88. The van der Waals surface area contributed by atoms with Crippen LogP contribution in [-0.4, -0.2) is 38.4 Å². The Balaban J connectivity index is 1.69. The van der Waals surface area contributed by atoms with Crippen LogP contribution in [0.4, 0.5) is 0 Å². The summed E-state index contributed by atoms with van der Waals surface area (Å²) in [5.74, 6) is 0.320. The molecule has 150 valence electrons. The monoisotopic (exact) mass is 401 g/mol. The quantitative estimate of drug-likeness (QED) is 0.622. The number of aliphatic imine (C=N–C) groups is 1. The van der Waals surface area contributed by atoms with Gasteiger partial charge in [-0.05, 0) is 60.5 Å². The Morgan fingerprint density at radius 3 is 2.73 bits per heavy atom. The highest BCUT2D eigenvalue weighted by Crippen LogP contribution is 2.26. The molecule has 8 nitrogen and oxygen atoms in total. The third kappa shape index (κ3) is 3.83. The molecular formula is C22H19N5O3. The van der Waals surface area contributed by atoms with Crippen LogP contribution in [0.15, 0.2) is 70.6 Å². The van der Waals surface area contributed by atoms with Gasteiger partial charge in [0.25, 0.3) is 5.91 Å². The van der Waals surface area contributed by atoms with Crippen molar-refractivity contribution in [1.82, 2.24) is 14.9 Å². The second kappa shape index (κ2) is 7.67. The number of aryl methyl sites for hydroxylation is 1. The number of rotatable bonds is 3. The Morgan fingerprint density at radius 2 is 2.00 bits per heavy atom. The fraction of sp³-hybridized carbons (Fsp3) is 0.0909. The lowest BCUT2D eigenvalue weighted by atomic mass is 10.0. The first-order valence-electron chi connectivity index (χ1n) is 9.21. The van der Waals surface area contributed by atoms with Crippen molar-refractivity contribution in [3.05, 3.63) is 82.4 Å². The van der Waals surface area contributed by atoms with Gasteiger partial charge in [-0.25, -0.2) is 9.79 Å². The highest BCUT2D eigenvalue weighted by atomic mass is 16.3. The number of amidine groups is 1. The van der Waals surface area contributed by atoms with Crippen molar-refractivity contribution >= 4 is 11.7 Å². The summed E-state index contributed by atoms with van der Waals surface area (Å²) >= 11 is 0. The molecule has 4 N–H and O–H groups in total. The van der Waals surface area contributed by atoms with Gasteiger partial charge in [0.1, 0.15) is 18.3 Å². The first-order valence-corrected chi connectivity index (χ1v) is 9.21. The average Bonchev–Trinajstić information content (AvgIpc) is 2.75. The maximum atomic E-state index is 12.8. The van der Waals surface area contributed by atoms with Gasteiger partial charge in [0.2, 0.25) is 0 Å². The van der Waals surface area contributed by atoms with E-state index in [-0.39, 0.29) is 18.3 Å². The van der Waals surface area contributed by atoms with Crippen LogP contribution in [0.2, 0.25) is 0 Å². The van der Waals surface area contributed by atoms with Gasteiger partial charge in [-0.15, -0.1) is 0 Å². The van der Waals surface area contributed by atoms with Gasteiger partial charge in [-0.3, -0.25) is 9.69 Å². The molecule has 0 atom stereocenters. The Kier molecular flexibility index (Phi) is 4.89. The van der Waals surface area contributed by atoms with E-state index in [1.807, 2.05) is 0 Å². The molecular weight excluding hydrogens is 382 g/mol. The molecule has 0 saturated heterocycles. The molecule has 1 aliphatic rings. The zero-order valence-electron chi connectivity index (χ0n) is 16.2. The molecule has 0 spiro atoms. The predicted octanol–water partition coefficient (Wildman–Crippen LogP) is 2.40. The van der Waals surface area contributed by atoms with Crippen molar-refractivity contribution in [3.63, 3.8) is 0 Å². The molecule has 1 aliphatic heterocycles. The first-order chi connectivity index (χ1) is 14.4. The molecule has 8 heteroatoms. The molecule has 3 aromatic rings. The topological polar surface area (TPSA) is 125 Å². The predicted molar refractivity (Wildman–Crippen MR) is 114 cm³/mol. The number of nitrogens with two attached hydrogens (primary N) is 1. The molecule has 2 aromatic carbocycles. The molecule has 0 radical (unpaired) electrons. The Bertz CT molecular complexity index is 1260. The van der Waals surface area contributed by atoms with E-state index in [0.717, 1.165) is 5.56 Å². The van der Waals surface area contributed by atoms with E-state index in [0.29, 0.717) is 33.9 Å². The molecule has 4 rings (SSSR count). The Labute approximate surface area is 172 Å². The van der Waals surface area contributed by atoms with E-state index in [1.165, 1.54) is 4.90 Å². The first kappa shape index (κ1) is 19.1. The zero-order chi connectivity index (χ0) is 21.3. The van der Waals surface area contributed by atoms with E-state index in [1.54, 1.807) is 67.7 Å². The Hall–Kier alpha value is -4.20. The number of aromatic nitrogens is 2. The van der Waals surface area contributed by atoms with Gasteiger partial charge in [-0.2, -0.15) is 4.98 Å². The molecule has 0 aliphatic carbocycles. The fourth-order valence-corrected chi connectivity index (χ4v) is 3.12. The van der Waals surface area contributed by atoms with Crippen molar-refractivity contribution in [3.8, 4) is 28.3 Å². The van der Waals surface area contributed by atoms with Crippen molar-refractivity contribution in [2.75, 3.05) is 6.67 Å². The fourth-order valence-electron chi connectivity index (χ4n) is 3.12. The van der Waals surface area contributed by atoms with Crippen LogP contribution in [0.3, 0.4) is 0 Å². The number of hydrogen-bond donors (Lipinski definition) is 3. The summed E-state index contributed by atoms with van der Waals surface area (Å²) in [6, 6.07) is 13.7. The van der Waals surface area contributed by atoms with Crippen LogP contribution in [0.25, 0.3) is 22.5 Å². The van der Waals surface area contributed by atoms with Crippen molar-refractivity contribution in [2.24, 2.45) is 10.7 Å². The molecule has 1 amide bonds. The molecule has 1 aromatic heterocycles. The number of aromatic amines is 1. The van der Waals surface area contributed by atoms with E-state index >= 15 is 0 Å². The lowest BCUT2D eigenvalue weighted by molar-refractivity contribution is 0.0824. The lowest BCUT2D eigenvalue weighted by Crippen LogP contribution is -2.30. The Morgan fingerprint density at radius 1 is 1.17 bits per heavy atom. The summed E-state index contributed by atoms with van der Waals surface area (Å²) in [6.07, 6.45) is 3.16. The van der Waals surface area contributed by atoms with Crippen LogP contribution < -0.4 is 11.4 Å². The van der Waals surface area contributed by atoms with Crippen LogP contribution >= 0.6 is 0 Å².